The maximum Gasteiger partial charge on any atom is 0.308 e. The first kappa shape index (κ1) is 16.4. The van der Waals surface area contributed by atoms with E-state index in [1.165, 1.54) is 32.9 Å². The molecule has 0 saturated heterocycles. The van der Waals surface area contributed by atoms with Crippen LogP contribution in [-0.4, -0.2) is 24.5 Å². The molecule has 0 atom stereocenters. The van der Waals surface area contributed by atoms with Gasteiger partial charge in [-0.15, -0.1) is 0 Å². The van der Waals surface area contributed by atoms with E-state index in [-0.39, 0.29) is 18.1 Å². The van der Waals surface area contributed by atoms with Crippen LogP contribution in [0.4, 0.5) is 0 Å². The van der Waals surface area contributed by atoms with Gasteiger partial charge in [0, 0.05) is 32.4 Å². The van der Waals surface area contributed by atoms with Gasteiger partial charge in [0.05, 0.1) is 0 Å². The van der Waals surface area contributed by atoms with E-state index in [0.717, 1.165) is 0 Å². The maximum atomic E-state index is 11.1. The van der Waals surface area contributed by atoms with Crippen LogP contribution in [0.1, 0.15) is 26.3 Å². The van der Waals surface area contributed by atoms with Crippen molar-refractivity contribution in [1.29, 1.82) is 0 Å². The zero-order valence-corrected chi connectivity index (χ0v) is 12.1. The van der Waals surface area contributed by atoms with Crippen LogP contribution in [0.15, 0.2) is 24.8 Å². The molecule has 0 aliphatic rings. The summed E-state index contributed by atoms with van der Waals surface area (Å²) in [7, 11) is 0. The molecule has 21 heavy (non-hydrogen) atoms. The molecule has 0 aliphatic heterocycles. The summed E-state index contributed by atoms with van der Waals surface area (Å²) in [5, 5.41) is 0. The van der Waals surface area contributed by atoms with E-state index in [0.29, 0.717) is 11.1 Å². The van der Waals surface area contributed by atoms with Gasteiger partial charge in [0.25, 0.3) is 0 Å². The second kappa shape index (κ2) is 7.23. The zero-order chi connectivity index (χ0) is 16.0. The molecule has 1 aromatic rings. The van der Waals surface area contributed by atoms with Crippen LogP contribution in [0.3, 0.4) is 0 Å². The largest absolute Gasteiger partial charge is 0.461 e. The number of hydrogen-bond acceptors (Lipinski definition) is 6. The molecule has 0 amide bonds. The SMILES string of the molecule is C=C(COC(C)=O)c1ccc(OC(C)=O)cc1OC(C)=O. The van der Waals surface area contributed by atoms with Gasteiger partial charge >= 0.3 is 17.9 Å². The molecule has 1 aromatic carbocycles. The van der Waals surface area contributed by atoms with Crippen LogP contribution in [-0.2, 0) is 19.1 Å². The van der Waals surface area contributed by atoms with Crippen molar-refractivity contribution in [3.63, 3.8) is 0 Å². The Morgan fingerprint density at radius 1 is 1.00 bits per heavy atom. The summed E-state index contributed by atoms with van der Waals surface area (Å²) >= 11 is 0. The minimum Gasteiger partial charge on any atom is -0.461 e. The second-order valence-electron chi connectivity index (χ2n) is 4.23. The number of carbonyl (C=O) groups is 3. The number of hydrogen-bond donors (Lipinski definition) is 0. The van der Waals surface area contributed by atoms with E-state index in [2.05, 4.69) is 6.58 Å². The summed E-state index contributed by atoms with van der Waals surface area (Å²) in [6.07, 6.45) is 0. The Hall–Kier alpha value is -2.63. The quantitative estimate of drug-likeness (QED) is 0.611. The van der Waals surface area contributed by atoms with Crippen LogP contribution in [0.25, 0.3) is 5.57 Å². The Morgan fingerprint density at radius 2 is 1.62 bits per heavy atom. The lowest BCUT2D eigenvalue weighted by atomic mass is 10.1. The van der Waals surface area contributed by atoms with Gasteiger partial charge in [0.2, 0.25) is 0 Å². The van der Waals surface area contributed by atoms with Crippen LogP contribution < -0.4 is 9.47 Å². The Kier molecular flexibility index (Phi) is 5.66. The standard InChI is InChI=1S/C15H16O6/c1-9(8-19-10(2)16)14-6-5-13(20-11(3)17)7-15(14)21-12(4)18/h5-7H,1,8H2,2-4H3. The van der Waals surface area contributed by atoms with E-state index in [1.807, 2.05) is 0 Å². The predicted molar refractivity (Wildman–Crippen MR) is 74.7 cm³/mol. The molecule has 0 unspecified atom stereocenters. The van der Waals surface area contributed by atoms with Crippen LogP contribution in [0.2, 0.25) is 0 Å². The van der Waals surface area contributed by atoms with Crippen LogP contribution in [0, 0.1) is 0 Å². The summed E-state index contributed by atoms with van der Waals surface area (Å²) in [5.74, 6) is -1.05. The van der Waals surface area contributed by atoms with Gasteiger partial charge < -0.3 is 14.2 Å². The number of esters is 3. The van der Waals surface area contributed by atoms with Gasteiger partial charge in [0.15, 0.2) is 0 Å². The first-order valence-corrected chi connectivity index (χ1v) is 6.12. The molecule has 112 valence electrons. The molecule has 0 N–H and O–H groups in total. The predicted octanol–water partition coefficient (Wildman–Crippen LogP) is 2.11. The second-order valence-corrected chi connectivity index (χ2v) is 4.23. The van der Waals surface area contributed by atoms with Crippen molar-refractivity contribution in [3.8, 4) is 11.5 Å². The third-order valence-electron chi connectivity index (χ3n) is 2.30. The zero-order valence-electron chi connectivity index (χ0n) is 12.1. The van der Waals surface area contributed by atoms with Crippen molar-refractivity contribution in [2.75, 3.05) is 6.61 Å². The Morgan fingerprint density at radius 3 is 2.14 bits per heavy atom. The van der Waals surface area contributed by atoms with Crippen molar-refractivity contribution in [2.24, 2.45) is 0 Å². The van der Waals surface area contributed by atoms with Crippen molar-refractivity contribution in [3.05, 3.63) is 30.3 Å². The fourth-order valence-electron chi connectivity index (χ4n) is 1.53. The van der Waals surface area contributed by atoms with Gasteiger partial charge in [0.1, 0.15) is 18.1 Å². The number of benzene rings is 1. The molecule has 6 heteroatoms. The van der Waals surface area contributed by atoms with Crippen LogP contribution in [0.5, 0.6) is 11.5 Å². The average Bonchev–Trinajstić information content (AvgIpc) is 2.34. The summed E-state index contributed by atoms with van der Waals surface area (Å²) < 4.78 is 14.8. The molecular formula is C15H16O6. The first-order valence-electron chi connectivity index (χ1n) is 6.12. The van der Waals surface area contributed by atoms with Gasteiger partial charge in [-0.25, -0.2) is 0 Å². The average molecular weight is 292 g/mol. The number of ether oxygens (including phenoxy) is 3. The van der Waals surface area contributed by atoms with Gasteiger partial charge in [-0.3, -0.25) is 14.4 Å². The monoisotopic (exact) mass is 292 g/mol. The molecule has 0 aromatic heterocycles. The van der Waals surface area contributed by atoms with Gasteiger partial charge in [-0.2, -0.15) is 0 Å². The Bertz CT molecular complexity index is 588. The third kappa shape index (κ3) is 5.48. The van der Waals surface area contributed by atoms with Crippen molar-refractivity contribution in [1.82, 2.24) is 0 Å². The fourth-order valence-corrected chi connectivity index (χ4v) is 1.53. The highest BCUT2D eigenvalue weighted by Crippen LogP contribution is 2.30. The molecule has 1 rings (SSSR count). The molecule has 0 saturated carbocycles. The highest BCUT2D eigenvalue weighted by Gasteiger charge is 2.13. The molecule has 0 heterocycles. The van der Waals surface area contributed by atoms with Gasteiger partial charge in [-0.1, -0.05) is 6.58 Å². The van der Waals surface area contributed by atoms with Crippen molar-refractivity contribution in [2.45, 2.75) is 20.8 Å². The topological polar surface area (TPSA) is 78.9 Å². The van der Waals surface area contributed by atoms with E-state index in [1.54, 1.807) is 6.07 Å². The summed E-state index contributed by atoms with van der Waals surface area (Å²) in [4.78, 5) is 32.9. The lowest BCUT2D eigenvalue weighted by Crippen LogP contribution is -2.08. The third-order valence-corrected chi connectivity index (χ3v) is 2.30. The summed E-state index contributed by atoms with van der Waals surface area (Å²) in [5.41, 5.74) is 0.943. The summed E-state index contributed by atoms with van der Waals surface area (Å²) in [6, 6.07) is 4.50. The van der Waals surface area contributed by atoms with E-state index < -0.39 is 17.9 Å². The van der Waals surface area contributed by atoms with E-state index >= 15 is 0 Å². The van der Waals surface area contributed by atoms with E-state index in [9.17, 15) is 14.4 Å². The highest BCUT2D eigenvalue weighted by atomic mass is 16.5. The van der Waals surface area contributed by atoms with Crippen molar-refractivity contribution < 1.29 is 28.6 Å². The molecule has 0 spiro atoms. The minimum absolute atomic E-state index is 0.0312. The minimum atomic E-state index is -0.531. The van der Waals surface area contributed by atoms with E-state index in [4.69, 9.17) is 14.2 Å². The van der Waals surface area contributed by atoms with Crippen molar-refractivity contribution >= 4 is 23.5 Å². The molecule has 6 nitrogen and oxygen atoms in total. The van der Waals surface area contributed by atoms with Gasteiger partial charge in [-0.05, 0) is 17.7 Å². The van der Waals surface area contributed by atoms with Crippen LogP contribution >= 0.6 is 0 Å². The lowest BCUT2D eigenvalue weighted by molar-refractivity contribution is -0.139. The number of carbonyl (C=O) groups excluding carboxylic acids is 3. The number of rotatable bonds is 5. The Balaban J connectivity index is 3.05. The summed E-state index contributed by atoms with van der Waals surface area (Å²) in [6.45, 7) is 7.54. The first-order chi connectivity index (χ1) is 9.79. The normalized spacial score (nSPS) is 9.67. The molecule has 0 radical (unpaired) electrons. The molecular weight excluding hydrogens is 276 g/mol. The smallest absolute Gasteiger partial charge is 0.308 e. The lowest BCUT2D eigenvalue weighted by Gasteiger charge is -2.13. The molecule has 0 bridgehead atoms. The Labute approximate surface area is 122 Å². The highest BCUT2D eigenvalue weighted by molar-refractivity contribution is 5.78. The maximum absolute atomic E-state index is 11.1. The fraction of sp³-hybridized carbons (Fsp3) is 0.267. The molecule has 0 fully saturated rings. The molecule has 0 aliphatic carbocycles.